The normalized spacial score (nSPS) is 10.5. The molecule has 0 unspecified atom stereocenters. The lowest BCUT2D eigenvalue weighted by Crippen LogP contribution is -2.14. The van der Waals surface area contributed by atoms with Gasteiger partial charge in [0.15, 0.2) is 0 Å². The van der Waals surface area contributed by atoms with Crippen LogP contribution in [0.3, 0.4) is 0 Å². The largest absolute Gasteiger partial charge is 0.399 e. The Morgan fingerprint density at radius 1 is 1.46 bits per heavy atom. The number of nitrogen functional groups attached to an aromatic ring is 1. The van der Waals surface area contributed by atoms with Gasteiger partial charge >= 0.3 is 0 Å². The van der Waals surface area contributed by atoms with Gasteiger partial charge < -0.3 is 5.73 Å². The fourth-order valence-corrected chi connectivity index (χ4v) is 1.24. The zero-order chi connectivity index (χ0) is 9.42. The van der Waals surface area contributed by atoms with Crippen molar-refractivity contribution in [2.24, 2.45) is 0 Å². The summed E-state index contributed by atoms with van der Waals surface area (Å²) in [4.78, 5) is 15.6. The topological polar surface area (TPSA) is 60.4 Å². The van der Waals surface area contributed by atoms with Gasteiger partial charge in [0.05, 0.1) is 0 Å². The number of aromatic nitrogens is 2. The molecule has 0 aliphatic carbocycles. The molecule has 0 fully saturated rings. The van der Waals surface area contributed by atoms with Crippen molar-refractivity contribution < 1.29 is 0 Å². The molecule has 66 valence electrons. The molecule has 0 atom stereocenters. The van der Waals surface area contributed by atoms with Crippen molar-refractivity contribution in [2.75, 3.05) is 5.73 Å². The lowest BCUT2D eigenvalue weighted by molar-refractivity contribution is 1.02. The van der Waals surface area contributed by atoms with Crippen molar-refractivity contribution in [3.8, 4) is 0 Å². The third kappa shape index (κ3) is 1.26. The summed E-state index contributed by atoms with van der Waals surface area (Å²) in [5.41, 5.74) is 7.39. The summed E-state index contributed by atoms with van der Waals surface area (Å²) in [6.07, 6.45) is 1.62. The van der Waals surface area contributed by atoms with Crippen LogP contribution in [0.5, 0.6) is 0 Å². The predicted octanol–water partition coefficient (Wildman–Crippen LogP) is 0.585. The first-order chi connectivity index (χ1) is 6.16. The van der Waals surface area contributed by atoms with E-state index in [2.05, 4.69) is 4.98 Å². The van der Waals surface area contributed by atoms with E-state index in [1.54, 1.807) is 25.3 Å². The number of fused-ring (bicyclic) bond motifs is 1. The van der Waals surface area contributed by atoms with Gasteiger partial charge in [0.2, 0.25) is 0 Å². The highest BCUT2D eigenvalue weighted by atomic mass is 16.1. The van der Waals surface area contributed by atoms with Gasteiger partial charge in [0.25, 0.3) is 5.56 Å². The SMILES string of the molecule is Cc1cc(=O)n2ccc(N)cc2n1. The molecule has 2 rings (SSSR count). The minimum Gasteiger partial charge on any atom is -0.399 e. The molecule has 0 spiro atoms. The summed E-state index contributed by atoms with van der Waals surface area (Å²) in [6, 6.07) is 4.84. The highest BCUT2D eigenvalue weighted by molar-refractivity contribution is 5.51. The zero-order valence-corrected chi connectivity index (χ0v) is 7.19. The summed E-state index contributed by atoms with van der Waals surface area (Å²) >= 11 is 0. The molecule has 4 heteroatoms. The second kappa shape index (κ2) is 2.58. The Bertz CT molecular complexity index is 510. The van der Waals surface area contributed by atoms with Crippen LogP contribution in [0, 0.1) is 6.92 Å². The van der Waals surface area contributed by atoms with E-state index in [4.69, 9.17) is 5.73 Å². The quantitative estimate of drug-likeness (QED) is 0.637. The molecule has 0 saturated carbocycles. The number of hydrogen-bond acceptors (Lipinski definition) is 3. The lowest BCUT2D eigenvalue weighted by Gasteiger charge is -2.00. The van der Waals surface area contributed by atoms with Crippen LogP contribution in [0.4, 0.5) is 5.69 Å². The van der Waals surface area contributed by atoms with Gasteiger partial charge in [-0.05, 0) is 13.0 Å². The van der Waals surface area contributed by atoms with Crippen molar-refractivity contribution in [3.63, 3.8) is 0 Å². The van der Waals surface area contributed by atoms with Gasteiger partial charge in [-0.2, -0.15) is 0 Å². The van der Waals surface area contributed by atoms with Crippen molar-refractivity contribution in [2.45, 2.75) is 6.92 Å². The summed E-state index contributed by atoms with van der Waals surface area (Å²) in [6.45, 7) is 1.78. The first kappa shape index (κ1) is 7.79. The van der Waals surface area contributed by atoms with Crippen molar-refractivity contribution in [1.82, 2.24) is 9.38 Å². The van der Waals surface area contributed by atoms with Crippen LogP contribution in [0.15, 0.2) is 29.2 Å². The van der Waals surface area contributed by atoms with Gasteiger partial charge in [-0.25, -0.2) is 4.98 Å². The maximum Gasteiger partial charge on any atom is 0.258 e. The highest BCUT2D eigenvalue weighted by Crippen LogP contribution is 2.04. The van der Waals surface area contributed by atoms with Crippen LogP contribution < -0.4 is 11.3 Å². The van der Waals surface area contributed by atoms with E-state index in [1.807, 2.05) is 0 Å². The second-order valence-corrected chi connectivity index (χ2v) is 2.92. The number of aryl methyl sites for hydroxylation is 1. The molecule has 0 aliphatic heterocycles. The third-order valence-electron chi connectivity index (χ3n) is 1.82. The van der Waals surface area contributed by atoms with Crippen LogP contribution in [0.1, 0.15) is 5.69 Å². The monoisotopic (exact) mass is 175 g/mol. The molecule has 2 aromatic heterocycles. The second-order valence-electron chi connectivity index (χ2n) is 2.92. The Balaban J connectivity index is 2.95. The van der Waals surface area contributed by atoms with E-state index >= 15 is 0 Å². The van der Waals surface area contributed by atoms with Crippen LogP contribution >= 0.6 is 0 Å². The third-order valence-corrected chi connectivity index (χ3v) is 1.82. The van der Waals surface area contributed by atoms with Crippen LogP contribution in [0.2, 0.25) is 0 Å². The number of rotatable bonds is 0. The molecule has 0 bridgehead atoms. The Kier molecular flexibility index (Phi) is 1.55. The number of hydrogen-bond donors (Lipinski definition) is 1. The average molecular weight is 175 g/mol. The zero-order valence-electron chi connectivity index (χ0n) is 7.19. The van der Waals surface area contributed by atoms with Gasteiger partial charge in [0.1, 0.15) is 5.65 Å². The van der Waals surface area contributed by atoms with Crippen molar-refractivity contribution in [1.29, 1.82) is 0 Å². The molecule has 0 aliphatic rings. The summed E-state index contributed by atoms with van der Waals surface area (Å²) in [7, 11) is 0. The lowest BCUT2D eigenvalue weighted by atomic mass is 10.3. The van der Waals surface area contributed by atoms with Crippen LogP contribution in [0.25, 0.3) is 5.65 Å². The van der Waals surface area contributed by atoms with E-state index in [0.717, 1.165) is 0 Å². The number of nitrogens with two attached hydrogens (primary N) is 1. The van der Waals surface area contributed by atoms with E-state index in [1.165, 1.54) is 10.5 Å². The predicted molar refractivity (Wildman–Crippen MR) is 50.6 cm³/mol. The van der Waals surface area contributed by atoms with E-state index in [-0.39, 0.29) is 5.56 Å². The summed E-state index contributed by atoms with van der Waals surface area (Å²) < 4.78 is 1.46. The summed E-state index contributed by atoms with van der Waals surface area (Å²) in [5, 5.41) is 0. The molecule has 13 heavy (non-hydrogen) atoms. The molecule has 2 heterocycles. The Labute approximate surface area is 74.6 Å². The molecule has 2 N–H and O–H groups in total. The smallest absolute Gasteiger partial charge is 0.258 e. The molecule has 2 aromatic rings. The fourth-order valence-electron chi connectivity index (χ4n) is 1.24. The number of anilines is 1. The van der Waals surface area contributed by atoms with E-state index in [0.29, 0.717) is 17.0 Å². The maximum absolute atomic E-state index is 11.4. The molecule has 0 aromatic carbocycles. The highest BCUT2D eigenvalue weighted by Gasteiger charge is 1.98. The Morgan fingerprint density at radius 2 is 2.23 bits per heavy atom. The number of nitrogens with zero attached hydrogens (tertiary/aromatic N) is 2. The fraction of sp³-hybridized carbons (Fsp3) is 0.111. The first-order valence-corrected chi connectivity index (χ1v) is 3.92. The standard InChI is InChI=1S/C9H9N3O/c1-6-4-9(13)12-3-2-7(10)5-8(12)11-6/h2-5H,10H2,1H3. The van der Waals surface area contributed by atoms with Gasteiger partial charge in [-0.15, -0.1) is 0 Å². The Hall–Kier alpha value is -1.84. The van der Waals surface area contributed by atoms with Crippen molar-refractivity contribution >= 4 is 11.3 Å². The Morgan fingerprint density at radius 3 is 3.00 bits per heavy atom. The van der Waals surface area contributed by atoms with Gasteiger partial charge in [-0.1, -0.05) is 0 Å². The molecular weight excluding hydrogens is 166 g/mol. The van der Waals surface area contributed by atoms with Gasteiger partial charge in [0, 0.05) is 29.7 Å². The van der Waals surface area contributed by atoms with Crippen LogP contribution in [-0.4, -0.2) is 9.38 Å². The minimum absolute atomic E-state index is 0.0810. The van der Waals surface area contributed by atoms with Crippen molar-refractivity contribution in [3.05, 3.63) is 40.4 Å². The molecule has 0 saturated heterocycles. The molecule has 0 radical (unpaired) electrons. The minimum atomic E-state index is -0.0810. The van der Waals surface area contributed by atoms with E-state index < -0.39 is 0 Å². The molecule has 4 nitrogen and oxygen atoms in total. The van der Waals surface area contributed by atoms with E-state index in [9.17, 15) is 4.79 Å². The van der Waals surface area contributed by atoms with Gasteiger partial charge in [-0.3, -0.25) is 9.20 Å². The summed E-state index contributed by atoms with van der Waals surface area (Å²) in [5.74, 6) is 0. The average Bonchev–Trinajstić information content (AvgIpc) is 2.02. The molecule has 0 amide bonds. The van der Waals surface area contributed by atoms with Crippen LogP contribution in [-0.2, 0) is 0 Å². The number of pyridine rings is 1. The molecular formula is C9H9N3O. The first-order valence-electron chi connectivity index (χ1n) is 3.92. The maximum atomic E-state index is 11.4.